The number of amides is 2. The minimum Gasteiger partial charge on any atom is -0.497 e. The number of carbonyl (C=O) groups excluding carboxylic acids is 2. The SMILES string of the molecule is COc1ccc(CCNC(=O)CN(Cc2ccc(C(=O)NC3CC3)cc2)Cc2ccco2)cc1. The minimum atomic E-state index is -0.0412. The van der Waals surface area contributed by atoms with Crippen LogP contribution in [0.3, 0.4) is 0 Å². The van der Waals surface area contributed by atoms with E-state index in [0.717, 1.165) is 41.9 Å². The molecule has 2 N–H and O–H groups in total. The van der Waals surface area contributed by atoms with Crippen LogP contribution in [0.2, 0.25) is 0 Å². The van der Waals surface area contributed by atoms with Gasteiger partial charge in [0.2, 0.25) is 5.91 Å². The van der Waals surface area contributed by atoms with Crippen molar-refractivity contribution < 1.29 is 18.7 Å². The average Bonchev–Trinajstić information content (AvgIpc) is 3.51. The third-order valence-corrected chi connectivity index (χ3v) is 5.76. The molecule has 0 bridgehead atoms. The zero-order valence-electron chi connectivity index (χ0n) is 19.5. The van der Waals surface area contributed by atoms with Crippen LogP contribution in [0.25, 0.3) is 0 Å². The van der Waals surface area contributed by atoms with Gasteiger partial charge in [0.1, 0.15) is 11.5 Å². The first-order valence-corrected chi connectivity index (χ1v) is 11.6. The Morgan fingerprint density at radius 3 is 2.38 bits per heavy atom. The molecule has 1 aliphatic rings. The molecular weight excluding hydrogens is 430 g/mol. The summed E-state index contributed by atoms with van der Waals surface area (Å²) in [7, 11) is 1.64. The molecule has 1 heterocycles. The number of hydrogen-bond acceptors (Lipinski definition) is 5. The summed E-state index contributed by atoms with van der Waals surface area (Å²) < 4.78 is 10.7. The van der Waals surface area contributed by atoms with Crippen LogP contribution >= 0.6 is 0 Å². The highest BCUT2D eigenvalue weighted by Crippen LogP contribution is 2.19. The third-order valence-electron chi connectivity index (χ3n) is 5.76. The lowest BCUT2D eigenvalue weighted by Gasteiger charge is -2.21. The number of ether oxygens (including phenoxy) is 1. The number of hydrogen-bond donors (Lipinski definition) is 2. The van der Waals surface area contributed by atoms with Crippen molar-refractivity contribution in [2.45, 2.75) is 38.4 Å². The predicted molar refractivity (Wildman–Crippen MR) is 129 cm³/mol. The van der Waals surface area contributed by atoms with E-state index in [0.29, 0.717) is 31.2 Å². The van der Waals surface area contributed by atoms with Gasteiger partial charge in [0.25, 0.3) is 5.91 Å². The van der Waals surface area contributed by atoms with Crippen molar-refractivity contribution in [1.82, 2.24) is 15.5 Å². The molecule has 0 radical (unpaired) electrons. The Bertz CT molecular complexity index is 1060. The van der Waals surface area contributed by atoms with E-state index in [1.165, 1.54) is 0 Å². The molecule has 34 heavy (non-hydrogen) atoms. The molecule has 2 aromatic carbocycles. The largest absolute Gasteiger partial charge is 0.497 e. The van der Waals surface area contributed by atoms with Crippen LogP contribution in [-0.2, 0) is 24.3 Å². The second kappa shape index (κ2) is 11.5. The van der Waals surface area contributed by atoms with Crippen molar-refractivity contribution in [3.63, 3.8) is 0 Å². The molecular formula is C27H31N3O4. The highest BCUT2D eigenvalue weighted by atomic mass is 16.5. The number of methoxy groups -OCH3 is 1. The van der Waals surface area contributed by atoms with Gasteiger partial charge in [-0.25, -0.2) is 0 Å². The fourth-order valence-corrected chi connectivity index (χ4v) is 3.70. The Morgan fingerprint density at radius 1 is 1.00 bits per heavy atom. The van der Waals surface area contributed by atoms with Crippen LogP contribution in [0.15, 0.2) is 71.3 Å². The number of carbonyl (C=O) groups is 2. The van der Waals surface area contributed by atoms with Gasteiger partial charge in [0.05, 0.1) is 26.5 Å². The minimum absolute atomic E-state index is 0.0299. The van der Waals surface area contributed by atoms with Crippen molar-refractivity contribution >= 4 is 11.8 Å². The van der Waals surface area contributed by atoms with E-state index in [-0.39, 0.29) is 18.4 Å². The maximum Gasteiger partial charge on any atom is 0.251 e. The molecule has 1 aromatic heterocycles. The van der Waals surface area contributed by atoms with Gasteiger partial charge in [0, 0.05) is 24.7 Å². The lowest BCUT2D eigenvalue weighted by molar-refractivity contribution is -0.122. The van der Waals surface area contributed by atoms with Crippen LogP contribution in [0, 0.1) is 0 Å². The first kappa shape index (κ1) is 23.6. The zero-order valence-corrected chi connectivity index (χ0v) is 19.5. The highest BCUT2D eigenvalue weighted by Gasteiger charge is 2.23. The number of furan rings is 1. The number of nitrogens with zero attached hydrogens (tertiary/aromatic N) is 1. The van der Waals surface area contributed by atoms with Gasteiger partial charge in [-0.05, 0) is 66.8 Å². The van der Waals surface area contributed by atoms with Gasteiger partial charge in [0.15, 0.2) is 0 Å². The average molecular weight is 462 g/mol. The molecule has 2 amide bonds. The molecule has 0 unspecified atom stereocenters. The first-order valence-electron chi connectivity index (χ1n) is 11.6. The fourth-order valence-electron chi connectivity index (χ4n) is 3.70. The first-order chi connectivity index (χ1) is 16.6. The quantitative estimate of drug-likeness (QED) is 0.431. The third kappa shape index (κ3) is 7.22. The Morgan fingerprint density at radius 2 is 1.74 bits per heavy atom. The maximum atomic E-state index is 12.7. The Labute approximate surface area is 200 Å². The molecule has 0 saturated heterocycles. The van der Waals surface area contributed by atoms with Gasteiger partial charge < -0.3 is 19.8 Å². The molecule has 0 aliphatic heterocycles. The highest BCUT2D eigenvalue weighted by molar-refractivity contribution is 5.94. The molecule has 1 saturated carbocycles. The molecule has 0 atom stereocenters. The second-order valence-corrected chi connectivity index (χ2v) is 8.62. The van der Waals surface area contributed by atoms with E-state index >= 15 is 0 Å². The second-order valence-electron chi connectivity index (χ2n) is 8.62. The van der Waals surface area contributed by atoms with Crippen molar-refractivity contribution in [1.29, 1.82) is 0 Å². The monoisotopic (exact) mass is 461 g/mol. The van der Waals surface area contributed by atoms with E-state index < -0.39 is 0 Å². The standard InChI is InChI=1S/C27H31N3O4/c1-33-24-12-6-20(7-13-24)14-15-28-26(31)19-30(18-25-3-2-16-34-25)17-21-4-8-22(9-5-21)27(32)29-23-10-11-23/h2-9,12-13,16,23H,10-11,14-15,17-19H2,1H3,(H,28,31)(H,29,32). The normalized spacial score (nSPS) is 13.0. The van der Waals surface area contributed by atoms with Crippen LogP contribution in [-0.4, -0.2) is 43.0 Å². The molecule has 1 fully saturated rings. The summed E-state index contributed by atoms with van der Waals surface area (Å²) in [6, 6.07) is 19.5. The fraction of sp³-hybridized carbons (Fsp3) is 0.333. The summed E-state index contributed by atoms with van der Waals surface area (Å²) in [5, 5.41) is 6.01. The lowest BCUT2D eigenvalue weighted by atomic mass is 10.1. The summed E-state index contributed by atoms with van der Waals surface area (Å²) >= 11 is 0. The molecule has 0 spiro atoms. The van der Waals surface area contributed by atoms with E-state index in [1.807, 2.05) is 65.6 Å². The molecule has 3 aromatic rings. The van der Waals surface area contributed by atoms with E-state index in [1.54, 1.807) is 13.4 Å². The van der Waals surface area contributed by atoms with Crippen LogP contribution in [0.5, 0.6) is 5.75 Å². The van der Waals surface area contributed by atoms with Crippen LogP contribution < -0.4 is 15.4 Å². The Hall–Kier alpha value is -3.58. The van der Waals surface area contributed by atoms with Gasteiger partial charge in [-0.15, -0.1) is 0 Å². The number of nitrogens with one attached hydrogen (secondary N) is 2. The van der Waals surface area contributed by atoms with Crippen LogP contribution in [0.1, 0.15) is 40.1 Å². The Kier molecular flexibility index (Phi) is 7.99. The van der Waals surface area contributed by atoms with Crippen molar-refractivity contribution in [2.24, 2.45) is 0 Å². The molecule has 178 valence electrons. The predicted octanol–water partition coefficient (Wildman–Crippen LogP) is 3.54. The van der Waals surface area contributed by atoms with Gasteiger partial charge in [-0.1, -0.05) is 24.3 Å². The van der Waals surface area contributed by atoms with Gasteiger partial charge in [-0.3, -0.25) is 14.5 Å². The van der Waals surface area contributed by atoms with Crippen molar-refractivity contribution in [3.05, 3.63) is 89.4 Å². The summed E-state index contributed by atoms with van der Waals surface area (Å²) in [5.74, 6) is 1.54. The number of benzene rings is 2. The summed E-state index contributed by atoms with van der Waals surface area (Å²) in [5.41, 5.74) is 2.82. The molecule has 4 rings (SSSR count). The topological polar surface area (TPSA) is 83.8 Å². The molecule has 7 nitrogen and oxygen atoms in total. The van der Waals surface area contributed by atoms with Crippen LogP contribution in [0.4, 0.5) is 0 Å². The lowest BCUT2D eigenvalue weighted by Crippen LogP contribution is -2.37. The van der Waals surface area contributed by atoms with Gasteiger partial charge >= 0.3 is 0 Å². The summed E-state index contributed by atoms with van der Waals surface area (Å²) in [4.78, 5) is 26.9. The molecule has 1 aliphatic carbocycles. The van der Waals surface area contributed by atoms with Gasteiger partial charge in [-0.2, -0.15) is 0 Å². The number of rotatable bonds is 12. The van der Waals surface area contributed by atoms with E-state index in [2.05, 4.69) is 10.6 Å². The smallest absolute Gasteiger partial charge is 0.251 e. The summed E-state index contributed by atoms with van der Waals surface area (Å²) in [6.45, 7) is 1.89. The van der Waals surface area contributed by atoms with E-state index in [9.17, 15) is 9.59 Å². The van der Waals surface area contributed by atoms with Crippen molar-refractivity contribution in [2.75, 3.05) is 20.2 Å². The summed E-state index contributed by atoms with van der Waals surface area (Å²) in [6.07, 6.45) is 4.51. The Balaban J connectivity index is 1.30. The van der Waals surface area contributed by atoms with Crippen molar-refractivity contribution in [3.8, 4) is 5.75 Å². The van der Waals surface area contributed by atoms with E-state index in [4.69, 9.17) is 9.15 Å². The maximum absolute atomic E-state index is 12.7. The molecule has 7 heteroatoms. The zero-order chi connectivity index (χ0) is 23.8.